The second-order valence-corrected chi connectivity index (χ2v) is 8.18. The minimum Gasteiger partial charge on any atom is -0.261 e. The van der Waals surface area contributed by atoms with Crippen LogP contribution in [-0.4, -0.2) is 15.0 Å². The van der Waals surface area contributed by atoms with Crippen molar-refractivity contribution in [3.8, 4) is 10.7 Å². The maximum absolute atomic E-state index is 4.99. The van der Waals surface area contributed by atoms with Gasteiger partial charge < -0.3 is 0 Å². The van der Waals surface area contributed by atoms with Crippen molar-refractivity contribution in [3.05, 3.63) is 29.7 Å². The third kappa shape index (κ3) is 1.88. The molecule has 3 nitrogen and oxygen atoms in total. The van der Waals surface area contributed by atoms with E-state index in [2.05, 4.69) is 15.3 Å². The first-order valence-electron chi connectivity index (χ1n) is 8.03. The van der Waals surface area contributed by atoms with E-state index in [4.69, 9.17) is 4.98 Å². The lowest BCUT2D eigenvalue weighted by Gasteiger charge is -2.56. The Bertz CT molecular complexity index is 628. The molecule has 0 radical (unpaired) electrons. The van der Waals surface area contributed by atoms with Crippen molar-refractivity contribution in [2.75, 3.05) is 0 Å². The third-order valence-electron chi connectivity index (χ3n) is 5.87. The average Bonchev–Trinajstić information content (AvgIpc) is 2.97. The fourth-order valence-electron chi connectivity index (χ4n) is 5.47. The van der Waals surface area contributed by atoms with Crippen molar-refractivity contribution in [2.24, 2.45) is 17.8 Å². The van der Waals surface area contributed by atoms with Gasteiger partial charge >= 0.3 is 0 Å². The Hall–Kier alpha value is -1.29. The summed E-state index contributed by atoms with van der Waals surface area (Å²) in [4.78, 5) is 13.5. The zero-order chi connectivity index (χ0) is 13.9. The molecule has 4 saturated carbocycles. The Morgan fingerprint density at radius 1 is 1.00 bits per heavy atom. The van der Waals surface area contributed by atoms with Crippen molar-refractivity contribution in [1.82, 2.24) is 15.0 Å². The highest BCUT2D eigenvalue weighted by molar-refractivity contribution is 7.13. The molecule has 0 saturated heterocycles. The van der Waals surface area contributed by atoms with Crippen LogP contribution < -0.4 is 0 Å². The third-order valence-corrected chi connectivity index (χ3v) is 6.73. The van der Waals surface area contributed by atoms with E-state index in [1.165, 1.54) is 44.2 Å². The number of aromatic nitrogens is 3. The molecule has 0 unspecified atom stereocenters. The summed E-state index contributed by atoms with van der Waals surface area (Å²) in [5, 5.41) is 3.34. The van der Waals surface area contributed by atoms with Crippen LogP contribution in [0.1, 0.15) is 44.2 Å². The van der Waals surface area contributed by atoms with Gasteiger partial charge in [-0.25, -0.2) is 4.98 Å². The molecule has 6 rings (SSSR count). The SMILES string of the molecule is c1cnc(-c2nc(C34CC5CC(CC(C5)C3)C4)cs2)cn1. The molecule has 2 aromatic rings. The first kappa shape index (κ1) is 12.3. The van der Waals surface area contributed by atoms with E-state index in [1.54, 1.807) is 23.7 Å². The van der Waals surface area contributed by atoms with E-state index in [9.17, 15) is 0 Å². The van der Waals surface area contributed by atoms with Crippen LogP contribution in [0.2, 0.25) is 0 Å². The maximum atomic E-state index is 4.99. The lowest BCUT2D eigenvalue weighted by atomic mass is 9.49. The molecule has 4 bridgehead atoms. The lowest BCUT2D eigenvalue weighted by Crippen LogP contribution is -2.48. The maximum Gasteiger partial charge on any atom is 0.143 e. The molecule has 21 heavy (non-hydrogen) atoms. The summed E-state index contributed by atoms with van der Waals surface area (Å²) in [7, 11) is 0. The summed E-state index contributed by atoms with van der Waals surface area (Å²) in [6.45, 7) is 0. The smallest absolute Gasteiger partial charge is 0.143 e. The Kier molecular flexibility index (Phi) is 2.55. The number of thiazole rings is 1. The van der Waals surface area contributed by atoms with E-state index in [1.807, 2.05) is 6.20 Å². The van der Waals surface area contributed by atoms with Crippen molar-refractivity contribution >= 4 is 11.3 Å². The summed E-state index contributed by atoms with van der Waals surface area (Å²) in [5.74, 6) is 2.91. The monoisotopic (exact) mass is 297 g/mol. The predicted molar refractivity (Wildman–Crippen MR) is 83.0 cm³/mol. The van der Waals surface area contributed by atoms with Crippen LogP contribution in [0.5, 0.6) is 0 Å². The molecule has 0 N–H and O–H groups in total. The minimum atomic E-state index is 0.395. The first-order chi connectivity index (χ1) is 10.3. The van der Waals surface area contributed by atoms with Crippen LogP contribution in [0, 0.1) is 17.8 Å². The molecule has 0 spiro atoms. The summed E-state index contributed by atoms with van der Waals surface area (Å²) in [6.07, 6.45) is 13.9. The second kappa shape index (κ2) is 4.35. The molecule has 2 aromatic heterocycles. The van der Waals surface area contributed by atoms with Crippen LogP contribution in [-0.2, 0) is 5.41 Å². The lowest BCUT2D eigenvalue weighted by molar-refractivity contribution is -0.00689. The Balaban J connectivity index is 1.52. The van der Waals surface area contributed by atoms with Gasteiger partial charge in [-0.05, 0) is 56.3 Å². The molecule has 4 fully saturated rings. The van der Waals surface area contributed by atoms with E-state index < -0.39 is 0 Å². The van der Waals surface area contributed by atoms with Gasteiger partial charge in [-0.1, -0.05) is 0 Å². The quantitative estimate of drug-likeness (QED) is 0.838. The van der Waals surface area contributed by atoms with Crippen molar-refractivity contribution in [2.45, 2.75) is 43.9 Å². The van der Waals surface area contributed by atoms with Crippen LogP contribution >= 0.6 is 11.3 Å². The summed E-state index contributed by atoms with van der Waals surface area (Å²) in [5.41, 5.74) is 2.66. The zero-order valence-electron chi connectivity index (χ0n) is 12.0. The Morgan fingerprint density at radius 3 is 2.33 bits per heavy atom. The fourth-order valence-corrected chi connectivity index (χ4v) is 6.37. The molecular weight excluding hydrogens is 278 g/mol. The van der Waals surface area contributed by atoms with Crippen LogP contribution in [0.15, 0.2) is 24.0 Å². The molecule has 4 heteroatoms. The average molecular weight is 297 g/mol. The first-order valence-corrected chi connectivity index (χ1v) is 8.91. The summed E-state index contributed by atoms with van der Waals surface area (Å²) in [6, 6.07) is 0. The number of hydrogen-bond donors (Lipinski definition) is 0. The van der Waals surface area contributed by atoms with Gasteiger partial charge in [0.2, 0.25) is 0 Å². The normalized spacial score (nSPS) is 37.0. The van der Waals surface area contributed by atoms with Crippen LogP contribution in [0.4, 0.5) is 0 Å². The standard InChI is InChI=1S/C17H19N3S/c1-2-19-14(9-18-1)16-20-15(10-21-16)17-6-11-3-12(7-17)5-13(4-11)8-17/h1-2,9-13H,3-8H2. The second-order valence-electron chi connectivity index (χ2n) is 7.33. The zero-order valence-corrected chi connectivity index (χ0v) is 12.9. The summed E-state index contributed by atoms with van der Waals surface area (Å²) < 4.78 is 0. The van der Waals surface area contributed by atoms with E-state index in [0.717, 1.165) is 28.5 Å². The molecule has 4 aliphatic carbocycles. The van der Waals surface area contributed by atoms with Gasteiger partial charge in [-0.3, -0.25) is 9.97 Å². The van der Waals surface area contributed by atoms with E-state index in [0.29, 0.717) is 5.41 Å². The van der Waals surface area contributed by atoms with E-state index >= 15 is 0 Å². The van der Waals surface area contributed by atoms with Crippen molar-refractivity contribution in [1.29, 1.82) is 0 Å². The fraction of sp³-hybridized carbons (Fsp3) is 0.588. The number of nitrogens with zero attached hydrogens (tertiary/aromatic N) is 3. The highest BCUT2D eigenvalue weighted by Crippen LogP contribution is 2.60. The predicted octanol–water partition coefficient (Wildman–Crippen LogP) is 4.07. The van der Waals surface area contributed by atoms with Crippen molar-refractivity contribution in [3.63, 3.8) is 0 Å². The highest BCUT2D eigenvalue weighted by Gasteiger charge is 2.52. The molecule has 2 heterocycles. The van der Waals surface area contributed by atoms with Crippen LogP contribution in [0.3, 0.4) is 0 Å². The molecule has 0 aromatic carbocycles. The van der Waals surface area contributed by atoms with Crippen molar-refractivity contribution < 1.29 is 0 Å². The summed E-state index contributed by atoms with van der Waals surface area (Å²) >= 11 is 1.74. The van der Waals surface area contributed by atoms with Gasteiger partial charge in [-0.15, -0.1) is 11.3 Å². The van der Waals surface area contributed by atoms with Gasteiger partial charge in [0.1, 0.15) is 10.7 Å². The molecule has 0 aliphatic heterocycles. The highest BCUT2D eigenvalue weighted by atomic mass is 32.1. The molecule has 4 aliphatic rings. The molecule has 108 valence electrons. The Labute approximate surface area is 128 Å². The molecule has 0 atom stereocenters. The largest absolute Gasteiger partial charge is 0.261 e. The van der Waals surface area contributed by atoms with Gasteiger partial charge in [0.25, 0.3) is 0 Å². The van der Waals surface area contributed by atoms with E-state index in [-0.39, 0.29) is 0 Å². The molecular formula is C17H19N3S. The minimum absolute atomic E-state index is 0.395. The number of hydrogen-bond acceptors (Lipinski definition) is 4. The van der Waals surface area contributed by atoms with Gasteiger partial charge in [0.05, 0.1) is 11.9 Å². The van der Waals surface area contributed by atoms with Gasteiger partial charge in [0, 0.05) is 23.2 Å². The Morgan fingerprint density at radius 2 is 1.71 bits per heavy atom. The van der Waals surface area contributed by atoms with Crippen LogP contribution in [0.25, 0.3) is 10.7 Å². The van der Waals surface area contributed by atoms with Gasteiger partial charge in [0.15, 0.2) is 0 Å². The number of rotatable bonds is 2. The molecule has 0 amide bonds. The topological polar surface area (TPSA) is 38.7 Å². The van der Waals surface area contributed by atoms with Gasteiger partial charge in [-0.2, -0.15) is 0 Å².